The molecular weight excluding hydrogens is 204 g/mol. The SMILES string of the molecule is CC1=[N+]([O-])N(c2ccccc2)C(=O)C12CC2. The monoisotopic (exact) mass is 216 g/mol. The summed E-state index contributed by atoms with van der Waals surface area (Å²) in [6.45, 7) is 1.75. The van der Waals surface area contributed by atoms with Gasteiger partial charge < -0.3 is 5.21 Å². The van der Waals surface area contributed by atoms with Gasteiger partial charge in [0.25, 0.3) is 0 Å². The van der Waals surface area contributed by atoms with Crippen LogP contribution < -0.4 is 5.01 Å². The van der Waals surface area contributed by atoms with Crippen molar-refractivity contribution in [3.63, 3.8) is 0 Å². The minimum Gasteiger partial charge on any atom is -0.596 e. The van der Waals surface area contributed by atoms with Crippen LogP contribution in [0.15, 0.2) is 30.3 Å². The van der Waals surface area contributed by atoms with E-state index in [1.54, 1.807) is 19.1 Å². The summed E-state index contributed by atoms with van der Waals surface area (Å²) in [4.78, 5) is 12.9. The Kier molecular flexibility index (Phi) is 1.67. The van der Waals surface area contributed by atoms with Crippen LogP contribution in [0.3, 0.4) is 0 Å². The molecule has 1 spiro atoms. The number of carbonyl (C=O) groups is 1. The molecule has 16 heavy (non-hydrogen) atoms. The van der Waals surface area contributed by atoms with Gasteiger partial charge in [0.1, 0.15) is 11.1 Å². The molecule has 2 aliphatic rings. The first-order valence-corrected chi connectivity index (χ1v) is 5.38. The standard InChI is InChI=1S/C12H12N2O2/c1-9-12(7-8-12)11(15)13(14(9)16)10-5-3-2-4-6-10/h2-6H,7-8H2,1H3. The van der Waals surface area contributed by atoms with Crippen molar-refractivity contribution in [2.75, 3.05) is 5.01 Å². The molecule has 1 amide bonds. The van der Waals surface area contributed by atoms with E-state index in [1.807, 2.05) is 18.2 Å². The highest BCUT2D eigenvalue weighted by atomic mass is 16.5. The van der Waals surface area contributed by atoms with Crippen LogP contribution in [0.4, 0.5) is 5.69 Å². The molecule has 1 aromatic rings. The summed E-state index contributed by atoms with van der Waals surface area (Å²) in [6.07, 6.45) is 1.61. The van der Waals surface area contributed by atoms with E-state index in [4.69, 9.17) is 0 Å². The molecular formula is C12H12N2O2. The summed E-state index contributed by atoms with van der Waals surface area (Å²) < 4.78 is 0. The number of hydrazone groups is 1. The van der Waals surface area contributed by atoms with E-state index in [-0.39, 0.29) is 5.91 Å². The summed E-state index contributed by atoms with van der Waals surface area (Å²) >= 11 is 0. The maximum Gasteiger partial charge on any atom is 0.301 e. The van der Waals surface area contributed by atoms with Gasteiger partial charge in [-0.3, -0.25) is 4.79 Å². The zero-order chi connectivity index (χ0) is 11.3. The van der Waals surface area contributed by atoms with Gasteiger partial charge in [-0.15, -0.1) is 0 Å². The fourth-order valence-corrected chi connectivity index (χ4v) is 2.27. The van der Waals surface area contributed by atoms with E-state index in [9.17, 15) is 10.0 Å². The van der Waals surface area contributed by atoms with E-state index in [0.717, 1.165) is 17.7 Å². The Hall–Kier alpha value is -1.84. The van der Waals surface area contributed by atoms with Gasteiger partial charge in [0.2, 0.25) is 5.71 Å². The van der Waals surface area contributed by atoms with Crippen LogP contribution in [0.1, 0.15) is 19.8 Å². The number of hydrogen-bond acceptors (Lipinski definition) is 2. The molecule has 4 nitrogen and oxygen atoms in total. The molecule has 4 heteroatoms. The Labute approximate surface area is 93.4 Å². The number of hydrazine groups is 1. The molecule has 1 saturated carbocycles. The van der Waals surface area contributed by atoms with Crippen LogP contribution in [0, 0.1) is 10.6 Å². The number of para-hydroxylation sites is 1. The smallest absolute Gasteiger partial charge is 0.301 e. The van der Waals surface area contributed by atoms with Gasteiger partial charge in [-0.25, -0.2) is 0 Å². The third-order valence-electron chi connectivity index (χ3n) is 3.51. The van der Waals surface area contributed by atoms with E-state index in [0.29, 0.717) is 11.4 Å². The average molecular weight is 216 g/mol. The first-order chi connectivity index (χ1) is 7.67. The molecule has 0 radical (unpaired) electrons. The largest absolute Gasteiger partial charge is 0.596 e. The lowest BCUT2D eigenvalue weighted by Crippen LogP contribution is -2.33. The number of anilines is 1. The molecule has 0 aromatic heterocycles. The molecule has 1 aromatic carbocycles. The summed E-state index contributed by atoms with van der Waals surface area (Å²) in [5.41, 5.74) is 0.796. The first kappa shape index (κ1) is 9.39. The highest BCUT2D eigenvalue weighted by Gasteiger charge is 2.65. The summed E-state index contributed by atoms with van der Waals surface area (Å²) in [7, 11) is 0. The lowest BCUT2D eigenvalue weighted by Gasteiger charge is -2.14. The molecule has 0 N–H and O–H groups in total. The molecule has 0 atom stereocenters. The second-order valence-corrected chi connectivity index (χ2v) is 4.39. The molecule has 3 rings (SSSR count). The quantitative estimate of drug-likeness (QED) is 0.530. The van der Waals surface area contributed by atoms with Gasteiger partial charge in [-0.2, -0.15) is 0 Å². The highest BCUT2D eigenvalue weighted by Crippen LogP contribution is 2.51. The fourth-order valence-electron chi connectivity index (χ4n) is 2.27. The third-order valence-corrected chi connectivity index (χ3v) is 3.51. The second kappa shape index (κ2) is 2.84. The van der Waals surface area contributed by atoms with Crippen molar-refractivity contribution in [1.29, 1.82) is 0 Å². The van der Waals surface area contributed by atoms with Crippen LogP contribution in [-0.2, 0) is 4.79 Å². The molecule has 1 aliphatic heterocycles. The Bertz CT molecular complexity index is 489. The third kappa shape index (κ3) is 0.988. The van der Waals surface area contributed by atoms with Crippen molar-refractivity contribution >= 4 is 17.3 Å². The second-order valence-electron chi connectivity index (χ2n) is 4.39. The van der Waals surface area contributed by atoms with E-state index in [2.05, 4.69) is 0 Å². The number of nitrogens with zero attached hydrogens (tertiary/aromatic N) is 2. The fraction of sp³-hybridized carbons (Fsp3) is 0.333. The predicted molar refractivity (Wildman–Crippen MR) is 59.9 cm³/mol. The Morgan fingerprint density at radius 1 is 1.31 bits per heavy atom. The van der Waals surface area contributed by atoms with Crippen molar-refractivity contribution in [1.82, 2.24) is 0 Å². The molecule has 0 unspecified atom stereocenters. The lowest BCUT2D eigenvalue weighted by molar-refractivity contribution is -0.456. The molecule has 1 heterocycles. The number of amides is 1. The highest BCUT2D eigenvalue weighted by molar-refractivity contribution is 6.16. The van der Waals surface area contributed by atoms with Gasteiger partial charge in [0.15, 0.2) is 0 Å². The maximum absolute atomic E-state index is 12.2. The van der Waals surface area contributed by atoms with Crippen LogP contribution in [-0.4, -0.2) is 16.5 Å². The zero-order valence-corrected chi connectivity index (χ0v) is 9.01. The number of rotatable bonds is 1. The van der Waals surface area contributed by atoms with Crippen molar-refractivity contribution in [3.8, 4) is 0 Å². The summed E-state index contributed by atoms with van der Waals surface area (Å²) in [6, 6.07) is 9.06. The van der Waals surface area contributed by atoms with Crippen LogP contribution in [0.2, 0.25) is 0 Å². The van der Waals surface area contributed by atoms with E-state index >= 15 is 0 Å². The van der Waals surface area contributed by atoms with Crippen LogP contribution in [0.5, 0.6) is 0 Å². The Morgan fingerprint density at radius 2 is 1.94 bits per heavy atom. The van der Waals surface area contributed by atoms with Gasteiger partial charge in [-0.1, -0.05) is 28.1 Å². The van der Waals surface area contributed by atoms with Crippen molar-refractivity contribution in [3.05, 3.63) is 35.5 Å². The van der Waals surface area contributed by atoms with E-state index < -0.39 is 5.41 Å². The molecule has 82 valence electrons. The van der Waals surface area contributed by atoms with Crippen molar-refractivity contribution in [2.45, 2.75) is 19.8 Å². The minimum atomic E-state index is -0.475. The normalized spacial score (nSPS) is 22.1. The lowest BCUT2D eigenvalue weighted by atomic mass is 10.0. The number of hydrogen-bond donors (Lipinski definition) is 0. The average Bonchev–Trinajstić information content (AvgIpc) is 3.07. The van der Waals surface area contributed by atoms with Crippen molar-refractivity contribution in [2.24, 2.45) is 5.41 Å². The number of benzene rings is 1. The topological polar surface area (TPSA) is 46.4 Å². The Morgan fingerprint density at radius 3 is 2.44 bits per heavy atom. The van der Waals surface area contributed by atoms with Crippen LogP contribution >= 0.6 is 0 Å². The molecule has 0 saturated heterocycles. The zero-order valence-electron chi connectivity index (χ0n) is 9.01. The van der Waals surface area contributed by atoms with Gasteiger partial charge in [-0.05, 0) is 25.0 Å². The molecule has 1 aliphatic carbocycles. The summed E-state index contributed by atoms with van der Waals surface area (Å²) in [5.74, 6) is -0.0776. The maximum atomic E-state index is 12.2. The number of carbonyl (C=O) groups excluding carboxylic acids is 1. The van der Waals surface area contributed by atoms with Gasteiger partial charge in [0.05, 0.1) is 0 Å². The van der Waals surface area contributed by atoms with Gasteiger partial charge >= 0.3 is 5.91 Å². The first-order valence-electron chi connectivity index (χ1n) is 5.38. The predicted octanol–water partition coefficient (Wildman–Crippen LogP) is 1.70. The molecule has 1 fully saturated rings. The van der Waals surface area contributed by atoms with Gasteiger partial charge in [0, 0.05) is 6.92 Å². The molecule has 0 bridgehead atoms. The Balaban J connectivity index is 2.08. The van der Waals surface area contributed by atoms with Crippen LogP contribution in [0.25, 0.3) is 0 Å². The van der Waals surface area contributed by atoms with Crippen molar-refractivity contribution < 1.29 is 9.64 Å². The summed E-state index contributed by atoms with van der Waals surface area (Å²) in [5, 5.41) is 13.2. The van der Waals surface area contributed by atoms with E-state index in [1.165, 1.54) is 5.01 Å². The minimum absolute atomic E-state index is 0.0776.